The molecule has 0 aromatic heterocycles. The molecule has 0 N–H and O–H groups in total. The first-order chi connectivity index (χ1) is 14.1. The van der Waals surface area contributed by atoms with E-state index in [-0.39, 0.29) is 22.8 Å². The van der Waals surface area contributed by atoms with Gasteiger partial charge in [0.05, 0.1) is 24.3 Å². The van der Waals surface area contributed by atoms with Gasteiger partial charge >= 0.3 is 11.9 Å². The van der Waals surface area contributed by atoms with Gasteiger partial charge in [-0.15, -0.1) is 0 Å². The molecule has 0 amide bonds. The van der Waals surface area contributed by atoms with Crippen LogP contribution in [0, 0.1) is 10.8 Å². The standard InChI is InChI=1S/C26H42O4/c1-7-9-11-17-25(3,4)19-29-23(27)21-13-15-22(16-14-21)24(28)30-20-26(5,6)18-12-10-8-2/h13-16H,7-12,17-20H2,1-6H3. The summed E-state index contributed by atoms with van der Waals surface area (Å²) < 4.78 is 11.0. The Labute approximate surface area is 183 Å². The number of benzene rings is 1. The Bertz CT molecular complexity index is 587. The zero-order valence-corrected chi connectivity index (χ0v) is 20.0. The van der Waals surface area contributed by atoms with Crippen molar-refractivity contribution in [2.24, 2.45) is 10.8 Å². The van der Waals surface area contributed by atoms with Gasteiger partial charge in [0, 0.05) is 0 Å². The zero-order valence-electron chi connectivity index (χ0n) is 20.0. The fourth-order valence-electron chi connectivity index (χ4n) is 3.28. The van der Waals surface area contributed by atoms with Crippen molar-refractivity contribution in [3.05, 3.63) is 35.4 Å². The van der Waals surface area contributed by atoms with E-state index in [0.29, 0.717) is 24.3 Å². The summed E-state index contributed by atoms with van der Waals surface area (Å²) in [7, 11) is 0. The summed E-state index contributed by atoms with van der Waals surface area (Å²) in [5.41, 5.74) is 0.850. The van der Waals surface area contributed by atoms with Crippen LogP contribution in [0.15, 0.2) is 24.3 Å². The molecule has 4 heteroatoms. The van der Waals surface area contributed by atoms with Crippen LogP contribution in [0.1, 0.15) is 114 Å². The second-order valence-electron chi connectivity index (χ2n) is 9.97. The average molecular weight is 419 g/mol. The Balaban J connectivity index is 2.51. The summed E-state index contributed by atoms with van der Waals surface area (Å²) >= 11 is 0. The van der Waals surface area contributed by atoms with Gasteiger partial charge in [0.15, 0.2) is 0 Å². The lowest BCUT2D eigenvalue weighted by Crippen LogP contribution is -2.22. The van der Waals surface area contributed by atoms with Crippen LogP contribution >= 0.6 is 0 Å². The van der Waals surface area contributed by atoms with Crippen molar-refractivity contribution in [1.82, 2.24) is 0 Å². The number of esters is 2. The molecule has 0 saturated carbocycles. The van der Waals surface area contributed by atoms with Gasteiger partial charge in [-0.3, -0.25) is 0 Å². The van der Waals surface area contributed by atoms with Crippen molar-refractivity contribution < 1.29 is 19.1 Å². The lowest BCUT2D eigenvalue weighted by Gasteiger charge is -2.24. The van der Waals surface area contributed by atoms with Crippen LogP contribution in [-0.4, -0.2) is 25.2 Å². The molecule has 0 fully saturated rings. The van der Waals surface area contributed by atoms with Crippen molar-refractivity contribution in [3.8, 4) is 0 Å². The fraction of sp³-hybridized carbons (Fsp3) is 0.692. The summed E-state index contributed by atoms with van der Waals surface area (Å²) in [4.78, 5) is 24.7. The molecule has 1 rings (SSSR count). The van der Waals surface area contributed by atoms with E-state index < -0.39 is 0 Å². The monoisotopic (exact) mass is 418 g/mol. The van der Waals surface area contributed by atoms with Crippen LogP contribution in [0.5, 0.6) is 0 Å². The molecule has 1 aromatic rings. The molecule has 0 unspecified atom stereocenters. The quantitative estimate of drug-likeness (QED) is 0.236. The van der Waals surface area contributed by atoms with Gasteiger partial charge in [-0.05, 0) is 47.9 Å². The molecule has 0 aliphatic heterocycles. The van der Waals surface area contributed by atoms with E-state index >= 15 is 0 Å². The van der Waals surface area contributed by atoms with Gasteiger partial charge in [-0.2, -0.15) is 0 Å². The molecule has 0 heterocycles. The largest absolute Gasteiger partial charge is 0.462 e. The highest BCUT2D eigenvalue weighted by molar-refractivity contribution is 5.93. The molecule has 0 bridgehead atoms. The minimum Gasteiger partial charge on any atom is -0.462 e. The number of rotatable bonds is 14. The van der Waals surface area contributed by atoms with Gasteiger partial charge in [0.25, 0.3) is 0 Å². The SMILES string of the molecule is CCCCCC(C)(C)COC(=O)c1ccc(C(=O)OCC(C)(C)CCCCC)cc1. The third-order valence-electron chi connectivity index (χ3n) is 5.46. The van der Waals surface area contributed by atoms with Crippen molar-refractivity contribution >= 4 is 11.9 Å². The van der Waals surface area contributed by atoms with E-state index in [9.17, 15) is 9.59 Å². The second kappa shape index (κ2) is 12.8. The maximum atomic E-state index is 12.3. The Morgan fingerprint density at radius 3 is 1.30 bits per heavy atom. The summed E-state index contributed by atoms with van der Waals surface area (Å²) in [5.74, 6) is -0.703. The summed E-state index contributed by atoms with van der Waals surface area (Å²) in [5, 5.41) is 0. The summed E-state index contributed by atoms with van der Waals surface area (Å²) in [6, 6.07) is 6.54. The molecule has 0 radical (unpaired) electrons. The first-order valence-corrected chi connectivity index (χ1v) is 11.5. The zero-order chi connectivity index (χ0) is 22.6. The van der Waals surface area contributed by atoms with Crippen LogP contribution in [0.25, 0.3) is 0 Å². The maximum absolute atomic E-state index is 12.3. The highest BCUT2D eigenvalue weighted by atomic mass is 16.5. The second-order valence-corrected chi connectivity index (χ2v) is 9.97. The fourth-order valence-corrected chi connectivity index (χ4v) is 3.28. The van der Waals surface area contributed by atoms with Gasteiger partial charge in [0.2, 0.25) is 0 Å². The highest BCUT2D eigenvalue weighted by Gasteiger charge is 2.22. The van der Waals surface area contributed by atoms with Crippen LogP contribution in [0.3, 0.4) is 0 Å². The third-order valence-corrected chi connectivity index (χ3v) is 5.46. The van der Waals surface area contributed by atoms with Gasteiger partial charge in [0.1, 0.15) is 0 Å². The van der Waals surface area contributed by atoms with Crippen LogP contribution < -0.4 is 0 Å². The molecule has 1 aromatic carbocycles. The minimum absolute atomic E-state index is 0.0293. The third kappa shape index (κ3) is 10.3. The predicted molar refractivity (Wildman–Crippen MR) is 123 cm³/mol. The van der Waals surface area contributed by atoms with Crippen molar-refractivity contribution in [3.63, 3.8) is 0 Å². The highest BCUT2D eigenvalue weighted by Crippen LogP contribution is 2.25. The number of carbonyl (C=O) groups excluding carboxylic acids is 2. The van der Waals surface area contributed by atoms with E-state index in [1.807, 2.05) is 0 Å². The predicted octanol–water partition coefficient (Wildman–Crippen LogP) is 7.21. The van der Waals surface area contributed by atoms with Crippen LogP contribution in [0.4, 0.5) is 0 Å². The molecule has 0 saturated heterocycles. The van der Waals surface area contributed by atoms with Gasteiger partial charge in [-0.1, -0.05) is 80.1 Å². The molecular weight excluding hydrogens is 376 g/mol. The minimum atomic E-state index is -0.351. The van der Waals surface area contributed by atoms with E-state index in [2.05, 4.69) is 41.5 Å². The topological polar surface area (TPSA) is 52.6 Å². The average Bonchev–Trinajstić information content (AvgIpc) is 2.71. The number of ether oxygens (including phenoxy) is 2. The molecule has 0 aliphatic rings. The normalized spacial score (nSPS) is 11.9. The summed E-state index contributed by atoms with van der Waals surface area (Å²) in [6.07, 6.45) is 9.12. The van der Waals surface area contributed by atoms with E-state index in [0.717, 1.165) is 25.7 Å². The van der Waals surface area contributed by atoms with Crippen LogP contribution in [0.2, 0.25) is 0 Å². The van der Waals surface area contributed by atoms with E-state index in [4.69, 9.17) is 9.47 Å². The Morgan fingerprint density at radius 1 is 0.667 bits per heavy atom. The molecule has 0 atom stereocenters. The number of hydrogen-bond acceptors (Lipinski definition) is 4. The number of hydrogen-bond donors (Lipinski definition) is 0. The lowest BCUT2D eigenvalue weighted by atomic mass is 9.88. The molecule has 0 aliphatic carbocycles. The lowest BCUT2D eigenvalue weighted by molar-refractivity contribution is 0.0312. The first-order valence-electron chi connectivity index (χ1n) is 11.5. The Hall–Kier alpha value is -1.84. The van der Waals surface area contributed by atoms with Crippen LogP contribution in [-0.2, 0) is 9.47 Å². The number of carbonyl (C=O) groups is 2. The molecule has 170 valence electrons. The molecule has 4 nitrogen and oxygen atoms in total. The smallest absolute Gasteiger partial charge is 0.338 e. The Morgan fingerprint density at radius 2 is 1.00 bits per heavy atom. The van der Waals surface area contributed by atoms with Crippen molar-refractivity contribution in [1.29, 1.82) is 0 Å². The molecule has 0 spiro atoms. The summed E-state index contributed by atoms with van der Waals surface area (Å²) in [6.45, 7) is 13.6. The first kappa shape index (κ1) is 26.2. The number of unbranched alkanes of at least 4 members (excludes halogenated alkanes) is 4. The molecule has 30 heavy (non-hydrogen) atoms. The van der Waals surface area contributed by atoms with E-state index in [1.165, 1.54) is 25.7 Å². The Kier molecular flexibility index (Phi) is 11.1. The van der Waals surface area contributed by atoms with Crippen molar-refractivity contribution in [2.75, 3.05) is 13.2 Å². The molecular formula is C26H42O4. The van der Waals surface area contributed by atoms with Crippen molar-refractivity contribution in [2.45, 2.75) is 92.9 Å². The maximum Gasteiger partial charge on any atom is 0.338 e. The van der Waals surface area contributed by atoms with Gasteiger partial charge in [-0.25, -0.2) is 9.59 Å². The van der Waals surface area contributed by atoms with Gasteiger partial charge < -0.3 is 9.47 Å². The van der Waals surface area contributed by atoms with E-state index in [1.54, 1.807) is 24.3 Å².